The molecule has 4 nitrogen and oxygen atoms in total. The summed E-state index contributed by atoms with van der Waals surface area (Å²) in [6.45, 7) is 6.93. The molecule has 1 aromatic carbocycles. The van der Waals surface area contributed by atoms with Crippen molar-refractivity contribution in [3.63, 3.8) is 0 Å². The summed E-state index contributed by atoms with van der Waals surface area (Å²) in [4.78, 5) is 24.9. The Morgan fingerprint density at radius 1 is 0.833 bits per heavy atom. The highest BCUT2D eigenvalue weighted by atomic mass is 16.5. The summed E-state index contributed by atoms with van der Waals surface area (Å²) >= 11 is 0. The molecule has 0 aromatic heterocycles. The highest BCUT2D eigenvalue weighted by Gasteiger charge is 2.22. The standard InChI is InChI=1S/C20H30O4/c1-4-7-11-16-12-10-13-17(19(21)23-14-8-5-2)18(16)20(22)24-15-9-6-3/h10,12-13H,4-9,11,14-15H2,1-3H3. The number of esters is 2. The highest BCUT2D eigenvalue weighted by Crippen LogP contribution is 2.20. The summed E-state index contributed by atoms with van der Waals surface area (Å²) in [6, 6.07) is 5.36. The van der Waals surface area contributed by atoms with Gasteiger partial charge in [0.25, 0.3) is 0 Å². The summed E-state index contributed by atoms with van der Waals surface area (Å²) in [5.74, 6) is -0.859. The summed E-state index contributed by atoms with van der Waals surface area (Å²) in [5.41, 5.74) is 1.56. The zero-order valence-electron chi connectivity index (χ0n) is 15.2. The zero-order chi connectivity index (χ0) is 17.8. The number of hydrogen-bond donors (Lipinski definition) is 0. The number of carbonyl (C=O) groups excluding carboxylic acids is 2. The Bertz CT molecular complexity index is 522. The molecule has 0 atom stereocenters. The first-order chi connectivity index (χ1) is 11.7. The fourth-order valence-electron chi connectivity index (χ4n) is 2.36. The minimum atomic E-state index is -0.441. The van der Waals surface area contributed by atoms with Crippen molar-refractivity contribution in [2.75, 3.05) is 13.2 Å². The summed E-state index contributed by atoms with van der Waals surface area (Å²) in [5, 5.41) is 0. The third kappa shape index (κ3) is 6.34. The number of ether oxygens (including phenoxy) is 2. The van der Waals surface area contributed by atoms with Gasteiger partial charge in [0.1, 0.15) is 0 Å². The van der Waals surface area contributed by atoms with Crippen LogP contribution in [0.15, 0.2) is 18.2 Å². The van der Waals surface area contributed by atoms with Gasteiger partial charge in [-0.15, -0.1) is 0 Å². The second-order valence-corrected chi connectivity index (χ2v) is 5.92. The van der Waals surface area contributed by atoms with Crippen molar-refractivity contribution in [3.8, 4) is 0 Å². The van der Waals surface area contributed by atoms with Crippen LogP contribution < -0.4 is 0 Å². The first-order valence-corrected chi connectivity index (χ1v) is 9.11. The van der Waals surface area contributed by atoms with Crippen LogP contribution in [0, 0.1) is 0 Å². The molecule has 4 heteroatoms. The van der Waals surface area contributed by atoms with E-state index in [9.17, 15) is 9.59 Å². The molecule has 0 aliphatic heterocycles. The van der Waals surface area contributed by atoms with Crippen LogP contribution in [0.25, 0.3) is 0 Å². The number of benzene rings is 1. The van der Waals surface area contributed by atoms with Crippen LogP contribution in [-0.2, 0) is 15.9 Å². The van der Waals surface area contributed by atoms with E-state index < -0.39 is 11.9 Å². The van der Waals surface area contributed by atoms with Gasteiger partial charge in [-0.3, -0.25) is 0 Å². The van der Waals surface area contributed by atoms with Gasteiger partial charge in [-0.1, -0.05) is 52.2 Å². The maximum atomic E-state index is 12.5. The van der Waals surface area contributed by atoms with Crippen LogP contribution in [0.4, 0.5) is 0 Å². The number of aryl methyl sites for hydroxylation is 1. The van der Waals surface area contributed by atoms with Crippen LogP contribution in [0.3, 0.4) is 0 Å². The third-order valence-electron chi connectivity index (χ3n) is 3.84. The molecule has 0 bridgehead atoms. The van der Waals surface area contributed by atoms with E-state index in [2.05, 4.69) is 6.92 Å². The van der Waals surface area contributed by atoms with E-state index in [4.69, 9.17) is 9.47 Å². The number of rotatable bonds is 11. The van der Waals surface area contributed by atoms with Crippen molar-refractivity contribution in [2.24, 2.45) is 0 Å². The van der Waals surface area contributed by atoms with Crippen molar-refractivity contribution in [1.29, 1.82) is 0 Å². The second-order valence-electron chi connectivity index (χ2n) is 5.92. The Hall–Kier alpha value is -1.84. The molecule has 0 aliphatic rings. The van der Waals surface area contributed by atoms with Crippen molar-refractivity contribution < 1.29 is 19.1 Å². The number of unbranched alkanes of at least 4 members (excludes halogenated alkanes) is 3. The quantitative estimate of drug-likeness (QED) is 0.425. The van der Waals surface area contributed by atoms with Gasteiger partial charge in [0, 0.05) is 0 Å². The molecule has 0 heterocycles. The maximum Gasteiger partial charge on any atom is 0.339 e. The van der Waals surface area contributed by atoms with Gasteiger partial charge in [-0.2, -0.15) is 0 Å². The molecule has 0 saturated heterocycles. The summed E-state index contributed by atoms with van der Waals surface area (Å²) < 4.78 is 10.7. The van der Waals surface area contributed by atoms with Crippen LogP contribution in [-0.4, -0.2) is 25.2 Å². The monoisotopic (exact) mass is 334 g/mol. The molecule has 0 saturated carbocycles. The average Bonchev–Trinajstić information content (AvgIpc) is 2.59. The minimum absolute atomic E-state index is 0.321. The molecular formula is C20H30O4. The first-order valence-electron chi connectivity index (χ1n) is 9.11. The predicted octanol–water partition coefficient (Wildman–Crippen LogP) is 4.94. The van der Waals surface area contributed by atoms with E-state index >= 15 is 0 Å². The van der Waals surface area contributed by atoms with Crippen molar-refractivity contribution >= 4 is 11.9 Å². The molecule has 24 heavy (non-hydrogen) atoms. The molecule has 0 spiro atoms. The smallest absolute Gasteiger partial charge is 0.339 e. The first kappa shape index (κ1) is 20.2. The summed E-state index contributed by atoms with van der Waals surface area (Å²) in [6.07, 6.45) is 6.28. The molecule has 1 rings (SSSR count). The fraction of sp³-hybridized carbons (Fsp3) is 0.600. The van der Waals surface area contributed by atoms with E-state index in [-0.39, 0.29) is 0 Å². The van der Waals surface area contributed by atoms with E-state index in [0.29, 0.717) is 24.3 Å². The Kier molecular flexibility index (Phi) is 9.81. The molecule has 0 N–H and O–H groups in total. The van der Waals surface area contributed by atoms with Crippen LogP contribution in [0.1, 0.15) is 85.6 Å². The molecule has 0 unspecified atom stereocenters. The van der Waals surface area contributed by atoms with Gasteiger partial charge in [0.15, 0.2) is 0 Å². The van der Waals surface area contributed by atoms with E-state index in [1.165, 1.54) is 0 Å². The predicted molar refractivity (Wildman–Crippen MR) is 95.4 cm³/mol. The van der Waals surface area contributed by atoms with Gasteiger partial charge < -0.3 is 9.47 Å². The molecule has 0 amide bonds. The SMILES string of the molecule is CCCCOC(=O)c1cccc(CCCC)c1C(=O)OCCCC. The van der Waals surface area contributed by atoms with E-state index in [0.717, 1.165) is 50.5 Å². The molecule has 0 aliphatic carbocycles. The number of hydrogen-bond acceptors (Lipinski definition) is 4. The number of carbonyl (C=O) groups is 2. The van der Waals surface area contributed by atoms with Gasteiger partial charge in [-0.25, -0.2) is 9.59 Å². The van der Waals surface area contributed by atoms with E-state index in [1.54, 1.807) is 6.07 Å². The third-order valence-corrected chi connectivity index (χ3v) is 3.84. The van der Waals surface area contributed by atoms with Crippen molar-refractivity contribution in [2.45, 2.75) is 65.7 Å². The Morgan fingerprint density at radius 2 is 1.42 bits per heavy atom. The lowest BCUT2D eigenvalue weighted by atomic mass is 9.97. The largest absolute Gasteiger partial charge is 0.462 e. The Labute approximate surface area is 145 Å². The molecular weight excluding hydrogens is 304 g/mol. The molecule has 0 fully saturated rings. The normalized spacial score (nSPS) is 10.5. The van der Waals surface area contributed by atoms with Gasteiger partial charge >= 0.3 is 11.9 Å². The fourth-order valence-corrected chi connectivity index (χ4v) is 2.36. The topological polar surface area (TPSA) is 52.6 Å². The average molecular weight is 334 g/mol. The van der Waals surface area contributed by atoms with Crippen LogP contribution >= 0.6 is 0 Å². The van der Waals surface area contributed by atoms with Crippen LogP contribution in [0.5, 0.6) is 0 Å². The van der Waals surface area contributed by atoms with Crippen molar-refractivity contribution in [3.05, 3.63) is 34.9 Å². The van der Waals surface area contributed by atoms with Gasteiger partial charge in [-0.05, 0) is 37.3 Å². The minimum Gasteiger partial charge on any atom is -0.462 e. The lowest BCUT2D eigenvalue weighted by Crippen LogP contribution is -2.17. The molecule has 134 valence electrons. The summed E-state index contributed by atoms with van der Waals surface area (Å²) in [7, 11) is 0. The van der Waals surface area contributed by atoms with E-state index in [1.807, 2.05) is 26.0 Å². The lowest BCUT2D eigenvalue weighted by molar-refractivity contribution is 0.0451. The van der Waals surface area contributed by atoms with Crippen molar-refractivity contribution in [1.82, 2.24) is 0 Å². The lowest BCUT2D eigenvalue weighted by Gasteiger charge is -2.14. The highest BCUT2D eigenvalue weighted by molar-refractivity contribution is 6.04. The van der Waals surface area contributed by atoms with Gasteiger partial charge in [0.05, 0.1) is 24.3 Å². The zero-order valence-corrected chi connectivity index (χ0v) is 15.2. The van der Waals surface area contributed by atoms with Crippen LogP contribution in [0.2, 0.25) is 0 Å². The Morgan fingerprint density at radius 3 is 2.00 bits per heavy atom. The Balaban J connectivity index is 3.02. The maximum absolute atomic E-state index is 12.5. The molecule has 0 radical (unpaired) electrons. The second kappa shape index (κ2) is 11.7. The molecule has 1 aromatic rings. The van der Waals surface area contributed by atoms with Gasteiger partial charge in [0.2, 0.25) is 0 Å².